The smallest absolute Gasteiger partial charge is 0.167 e. The summed E-state index contributed by atoms with van der Waals surface area (Å²) in [6.45, 7) is 2.01. The Hall–Kier alpha value is -2.22. The Morgan fingerprint density at radius 1 is 1.06 bits per heavy atom. The van der Waals surface area contributed by atoms with Crippen molar-refractivity contribution in [2.24, 2.45) is 0 Å². The zero-order chi connectivity index (χ0) is 13.0. The van der Waals surface area contributed by atoms with Gasteiger partial charge < -0.3 is 0 Å². The van der Waals surface area contributed by atoms with Crippen molar-refractivity contribution in [1.82, 2.24) is 0 Å². The summed E-state index contributed by atoms with van der Waals surface area (Å²) < 4.78 is 0. The summed E-state index contributed by atoms with van der Waals surface area (Å²) in [5.41, 5.74) is 3.08. The van der Waals surface area contributed by atoms with E-state index in [1.807, 2.05) is 31.2 Å². The summed E-state index contributed by atoms with van der Waals surface area (Å²) in [6.07, 6.45) is 1.05. The molecule has 2 rings (SSSR count). The molecule has 0 atom stereocenters. The number of aldehydes is 1. The van der Waals surface area contributed by atoms with Gasteiger partial charge in [0.1, 0.15) is 0 Å². The summed E-state index contributed by atoms with van der Waals surface area (Å²) in [5.74, 6) is -0.0263. The molecule has 0 bridgehead atoms. The lowest BCUT2D eigenvalue weighted by Crippen LogP contribution is -2.06. The first-order valence-corrected chi connectivity index (χ1v) is 5.83. The molecule has 0 radical (unpaired) electrons. The molecule has 0 heterocycles. The van der Waals surface area contributed by atoms with Crippen LogP contribution in [-0.4, -0.2) is 12.1 Å². The Morgan fingerprint density at radius 3 is 2.39 bits per heavy atom. The van der Waals surface area contributed by atoms with Crippen LogP contribution in [0.1, 0.15) is 31.8 Å². The van der Waals surface area contributed by atoms with E-state index in [9.17, 15) is 9.59 Å². The topological polar surface area (TPSA) is 34.1 Å². The Balaban J connectivity index is 2.22. The third kappa shape index (κ3) is 2.72. The van der Waals surface area contributed by atoms with Crippen molar-refractivity contribution in [3.63, 3.8) is 0 Å². The maximum atomic E-state index is 12.1. The van der Waals surface area contributed by atoms with Crippen molar-refractivity contribution in [3.8, 4) is 0 Å². The van der Waals surface area contributed by atoms with Gasteiger partial charge in [-0.25, -0.2) is 0 Å². The average molecular weight is 238 g/mol. The van der Waals surface area contributed by atoms with Crippen LogP contribution >= 0.6 is 0 Å². The van der Waals surface area contributed by atoms with Crippen molar-refractivity contribution in [1.29, 1.82) is 0 Å². The normalized spacial score (nSPS) is 10.1. The van der Waals surface area contributed by atoms with Gasteiger partial charge in [0.25, 0.3) is 0 Å². The van der Waals surface area contributed by atoms with E-state index in [2.05, 4.69) is 0 Å². The van der Waals surface area contributed by atoms with Crippen LogP contribution in [-0.2, 0) is 6.42 Å². The van der Waals surface area contributed by atoms with E-state index in [4.69, 9.17) is 0 Å². The summed E-state index contributed by atoms with van der Waals surface area (Å²) in [7, 11) is 0. The van der Waals surface area contributed by atoms with Crippen molar-refractivity contribution >= 4 is 12.1 Å². The number of benzene rings is 2. The first kappa shape index (κ1) is 12.2. The Labute approximate surface area is 106 Å². The van der Waals surface area contributed by atoms with Crippen LogP contribution in [0.4, 0.5) is 0 Å². The van der Waals surface area contributed by atoms with Gasteiger partial charge in [0.15, 0.2) is 12.1 Å². The van der Waals surface area contributed by atoms with E-state index in [1.54, 1.807) is 24.3 Å². The highest BCUT2D eigenvalue weighted by Gasteiger charge is 2.10. The molecule has 0 unspecified atom stereocenters. The molecule has 0 N–H and O–H groups in total. The lowest BCUT2D eigenvalue weighted by atomic mass is 9.99. The zero-order valence-electron chi connectivity index (χ0n) is 10.2. The zero-order valence-corrected chi connectivity index (χ0v) is 10.2. The molecule has 0 saturated carbocycles. The minimum absolute atomic E-state index is 0.0263. The average Bonchev–Trinajstić information content (AvgIpc) is 2.41. The lowest BCUT2D eigenvalue weighted by Gasteiger charge is -2.04. The van der Waals surface area contributed by atoms with E-state index in [0.29, 0.717) is 17.5 Å². The van der Waals surface area contributed by atoms with Crippen LogP contribution < -0.4 is 0 Å². The number of rotatable bonds is 4. The van der Waals surface area contributed by atoms with Gasteiger partial charge in [-0.15, -0.1) is 0 Å². The number of carbonyl (C=O) groups excluding carboxylic acids is 2. The molecule has 0 amide bonds. The number of hydrogen-bond acceptors (Lipinski definition) is 2. The second kappa shape index (κ2) is 5.41. The lowest BCUT2D eigenvalue weighted by molar-refractivity contribution is 0.0986. The van der Waals surface area contributed by atoms with Crippen LogP contribution in [0.2, 0.25) is 0 Å². The van der Waals surface area contributed by atoms with Crippen molar-refractivity contribution < 1.29 is 9.59 Å². The highest BCUT2D eigenvalue weighted by atomic mass is 16.1. The molecule has 2 aromatic carbocycles. The molecule has 0 spiro atoms. The highest BCUT2D eigenvalue weighted by molar-refractivity contribution is 6.03. The molecule has 0 aliphatic rings. The van der Waals surface area contributed by atoms with E-state index in [-0.39, 0.29) is 5.78 Å². The van der Waals surface area contributed by atoms with Gasteiger partial charge in [-0.1, -0.05) is 54.1 Å². The number of aryl methyl sites for hydroxylation is 1. The van der Waals surface area contributed by atoms with E-state index < -0.39 is 0 Å². The van der Waals surface area contributed by atoms with Crippen LogP contribution in [0.3, 0.4) is 0 Å². The number of hydrogen-bond donors (Lipinski definition) is 0. The summed E-state index contributed by atoms with van der Waals surface area (Å²) in [6, 6.07) is 14.7. The molecule has 2 heteroatoms. The van der Waals surface area contributed by atoms with Crippen molar-refractivity contribution in [2.75, 3.05) is 0 Å². The second-order valence-corrected chi connectivity index (χ2v) is 4.29. The molecule has 0 fully saturated rings. The number of Topliss-reactive ketones (excluding diaryl/α,β-unsaturated/α-hetero) is 1. The second-order valence-electron chi connectivity index (χ2n) is 4.29. The highest BCUT2D eigenvalue weighted by Crippen LogP contribution is 2.12. The predicted octanol–water partition coefficient (Wildman–Crippen LogP) is 3.23. The Morgan fingerprint density at radius 2 is 1.72 bits per heavy atom. The monoisotopic (exact) mass is 238 g/mol. The van der Waals surface area contributed by atoms with Crippen LogP contribution in [0, 0.1) is 6.92 Å². The first-order valence-electron chi connectivity index (χ1n) is 5.83. The largest absolute Gasteiger partial charge is 0.298 e. The molecule has 2 nitrogen and oxygen atoms in total. The molecule has 90 valence electrons. The molecular weight excluding hydrogens is 224 g/mol. The quantitative estimate of drug-likeness (QED) is 0.605. The molecular formula is C16H14O2. The van der Waals surface area contributed by atoms with E-state index >= 15 is 0 Å². The standard InChI is InChI=1S/C16H14O2/c1-12-6-8-13(9-7-12)10-16(18)15-5-3-2-4-14(15)11-17/h2-9,11H,10H2,1H3. The molecule has 0 aromatic heterocycles. The minimum Gasteiger partial charge on any atom is -0.298 e. The Bertz CT molecular complexity index is 568. The summed E-state index contributed by atoms with van der Waals surface area (Å²) in [5, 5.41) is 0. The Kier molecular flexibility index (Phi) is 3.68. The van der Waals surface area contributed by atoms with Crippen LogP contribution in [0.25, 0.3) is 0 Å². The fraction of sp³-hybridized carbons (Fsp3) is 0.125. The molecule has 2 aromatic rings. The van der Waals surface area contributed by atoms with Crippen molar-refractivity contribution in [2.45, 2.75) is 13.3 Å². The fourth-order valence-electron chi connectivity index (χ4n) is 1.84. The maximum absolute atomic E-state index is 12.1. The molecule has 18 heavy (non-hydrogen) atoms. The van der Waals surface area contributed by atoms with Crippen LogP contribution in [0.5, 0.6) is 0 Å². The third-order valence-corrected chi connectivity index (χ3v) is 2.87. The minimum atomic E-state index is -0.0263. The number of ketones is 1. The predicted molar refractivity (Wildman–Crippen MR) is 71.0 cm³/mol. The molecule has 0 saturated heterocycles. The third-order valence-electron chi connectivity index (χ3n) is 2.87. The van der Waals surface area contributed by atoms with Gasteiger partial charge in [0, 0.05) is 17.5 Å². The SMILES string of the molecule is Cc1ccc(CC(=O)c2ccccc2C=O)cc1. The van der Waals surface area contributed by atoms with Gasteiger partial charge >= 0.3 is 0 Å². The maximum Gasteiger partial charge on any atom is 0.167 e. The van der Waals surface area contributed by atoms with Gasteiger partial charge in [0.2, 0.25) is 0 Å². The first-order chi connectivity index (χ1) is 8.70. The number of carbonyl (C=O) groups is 2. The van der Waals surface area contributed by atoms with Gasteiger partial charge in [-0.05, 0) is 12.5 Å². The molecule has 0 aliphatic carbocycles. The van der Waals surface area contributed by atoms with Gasteiger partial charge in [0.05, 0.1) is 0 Å². The van der Waals surface area contributed by atoms with E-state index in [1.165, 1.54) is 5.56 Å². The van der Waals surface area contributed by atoms with E-state index in [0.717, 1.165) is 11.8 Å². The van der Waals surface area contributed by atoms with Crippen molar-refractivity contribution in [3.05, 3.63) is 70.8 Å². The molecule has 0 aliphatic heterocycles. The van der Waals surface area contributed by atoms with Gasteiger partial charge in [-0.2, -0.15) is 0 Å². The van der Waals surface area contributed by atoms with Gasteiger partial charge in [-0.3, -0.25) is 9.59 Å². The van der Waals surface area contributed by atoms with Crippen LogP contribution in [0.15, 0.2) is 48.5 Å². The summed E-state index contributed by atoms with van der Waals surface area (Å²) >= 11 is 0. The fourth-order valence-corrected chi connectivity index (χ4v) is 1.84. The summed E-state index contributed by atoms with van der Waals surface area (Å²) in [4.78, 5) is 23.0.